The minimum atomic E-state index is 0.373. The molecule has 0 bridgehead atoms. The topological polar surface area (TPSA) is 32.3 Å². The molecule has 2 unspecified atom stereocenters. The van der Waals surface area contributed by atoms with Gasteiger partial charge >= 0.3 is 0 Å². The van der Waals surface area contributed by atoms with Crippen molar-refractivity contribution in [2.75, 3.05) is 20.1 Å². The molecule has 1 aliphatic heterocycles. The number of hydrogen-bond acceptors (Lipinski definition) is 2. The van der Waals surface area contributed by atoms with Gasteiger partial charge in [0.1, 0.15) is 0 Å². The minimum Gasteiger partial charge on any atom is -0.341 e. The fourth-order valence-corrected chi connectivity index (χ4v) is 3.44. The van der Waals surface area contributed by atoms with Gasteiger partial charge in [-0.2, -0.15) is 0 Å². The summed E-state index contributed by atoms with van der Waals surface area (Å²) in [6, 6.07) is 0.504. The summed E-state index contributed by atoms with van der Waals surface area (Å²) in [4.78, 5) is 14.2. The van der Waals surface area contributed by atoms with Crippen molar-refractivity contribution in [2.45, 2.75) is 57.9 Å². The highest BCUT2D eigenvalue weighted by atomic mass is 16.2. The van der Waals surface area contributed by atoms with E-state index in [4.69, 9.17) is 0 Å². The van der Waals surface area contributed by atoms with E-state index < -0.39 is 0 Å². The van der Waals surface area contributed by atoms with E-state index in [0.717, 1.165) is 31.8 Å². The third-order valence-electron chi connectivity index (χ3n) is 4.85. The van der Waals surface area contributed by atoms with Crippen molar-refractivity contribution in [3.63, 3.8) is 0 Å². The summed E-state index contributed by atoms with van der Waals surface area (Å²) in [7, 11) is 2.05. The molecule has 104 valence electrons. The molecule has 1 N–H and O–H groups in total. The zero-order valence-corrected chi connectivity index (χ0v) is 12.0. The number of nitrogens with zero attached hydrogens (tertiary/aromatic N) is 1. The lowest BCUT2D eigenvalue weighted by Gasteiger charge is -2.30. The van der Waals surface area contributed by atoms with E-state index in [1.807, 2.05) is 7.05 Å². The van der Waals surface area contributed by atoms with E-state index in [-0.39, 0.29) is 0 Å². The smallest absolute Gasteiger partial charge is 0.222 e. The maximum absolute atomic E-state index is 12.1. The normalized spacial score (nSPS) is 28.4. The largest absolute Gasteiger partial charge is 0.341 e. The second-order valence-corrected chi connectivity index (χ2v) is 6.21. The van der Waals surface area contributed by atoms with Crippen molar-refractivity contribution in [3.05, 3.63) is 0 Å². The third kappa shape index (κ3) is 3.47. The fourth-order valence-electron chi connectivity index (χ4n) is 3.44. The van der Waals surface area contributed by atoms with Crippen LogP contribution in [0.5, 0.6) is 0 Å². The molecule has 18 heavy (non-hydrogen) atoms. The molecule has 0 aromatic rings. The SMILES string of the molecule is CNC(CN1CCC(C)CCC1=O)C1CCCC1. The zero-order valence-electron chi connectivity index (χ0n) is 12.0. The molecule has 2 fully saturated rings. The maximum atomic E-state index is 12.1. The summed E-state index contributed by atoms with van der Waals surface area (Å²) in [5.74, 6) is 1.86. The lowest BCUT2D eigenvalue weighted by molar-refractivity contribution is -0.131. The maximum Gasteiger partial charge on any atom is 0.222 e. The second kappa shape index (κ2) is 6.55. The summed E-state index contributed by atoms with van der Waals surface area (Å²) < 4.78 is 0. The first kappa shape index (κ1) is 13.9. The lowest BCUT2D eigenvalue weighted by Crippen LogP contribution is -2.45. The molecule has 1 saturated carbocycles. The van der Waals surface area contributed by atoms with Crippen molar-refractivity contribution in [1.82, 2.24) is 10.2 Å². The Labute approximate surface area is 111 Å². The molecule has 3 heteroatoms. The number of likely N-dealkylation sites (N-methyl/N-ethyl adjacent to an activating group) is 1. The van der Waals surface area contributed by atoms with E-state index in [2.05, 4.69) is 17.1 Å². The Bertz CT molecular complexity index is 274. The van der Waals surface area contributed by atoms with E-state index in [1.54, 1.807) is 0 Å². The van der Waals surface area contributed by atoms with Crippen molar-refractivity contribution >= 4 is 5.91 Å². The number of rotatable bonds is 4. The van der Waals surface area contributed by atoms with Crippen LogP contribution in [0.4, 0.5) is 0 Å². The monoisotopic (exact) mass is 252 g/mol. The van der Waals surface area contributed by atoms with Crippen LogP contribution in [0.2, 0.25) is 0 Å². The van der Waals surface area contributed by atoms with Gasteiger partial charge in [-0.25, -0.2) is 0 Å². The highest BCUT2D eigenvalue weighted by Gasteiger charge is 2.28. The minimum absolute atomic E-state index is 0.373. The van der Waals surface area contributed by atoms with Gasteiger partial charge in [-0.1, -0.05) is 19.8 Å². The number of nitrogens with one attached hydrogen (secondary N) is 1. The van der Waals surface area contributed by atoms with Gasteiger partial charge in [0.25, 0.3) is 0 Å². The molecule has 1 heterocycles. The average Bonchev–Trinajstić information content (AvgIpc) is 2.85. The summed E-state index contributed by atoms with van der Waals surface area (Å²) in [6.45, 7) is 4.15. The van der Waals surface area contributed by atoms with Crippen molar-refractivity contribution < 1.29 is 4.79 Å². The van der Waals surface area contributed by atoms with Crippen LogP contribution >= 0.6 is 0 Å². The summed E-state index contributed by atoms with van der Waals surface area (Å²) >= 11 is 0. The average molecular weight is 252 g/mol. The number of amides is 1. The van der Waals surface area contributed by atoms with Gasteiger partial charge in [-0.3, -0.25) is 4.79 Å². The number of likely N-dealkylation sites (tertiary alicyclic amines) is 1. The van der Waals surface area contributed by atoms with Crippen LogP contribution in [0.1, 0.15) is 51.9 Å². The van der Waals surface area contributed by atoms with Gasteiger partial charge in [-0.05, 0) is 44.6 Å². The first-order valence-corrected chi connectivity index (χ1v) is 7.65. The summed E-state index contributed by atoms with van der Waals surface area (Å²) in [5, 5.41) is 3.45. The Kier molecular flexibility index (Phi) is 5.04. The van der Waals surface area contributed by atoms with E-state index in [1.165, 1.54) is 32.1 Å². The van der Waals surface area contributed by atoms with Crippen LogP contribution < -0.4 is 5.32 Å². The van der Waals surface area contributed by atoms with E-state index in [9.17, 15) is 4.79 Å². The zero-order chi connectivity index (χ0) is 13.0. The molecule has 1 saturated heterocycles. The molecular formula is C15H28N2O. The fraction of sp³-hybridized carbons (Fsp3) is 0.933. The Morgan fingerprint density at radius 2 is 2.00 bits per heavy atom. The van der Waals surface area contributed by atoms with Gasteiger partial charge in [0.05, 0.1) is 0 Å². The standard InChI is InChI=1S/C15H28N2O/c1-12-7-8-15(18)17(10-9-12)11-14(16-2)13-5-3-4-6-13/h12-14,16H,3-11H2,1-2H3. The van der Waals surface area contributed by atoms with Gasteiger partial charge in [0.15, 0.2) is 0 Å². The Balaban J connectivity index is 1.90. The Morgan fingerprint density at radius 3 is 2.67 bits per heavy atom. The molecule has 3 nitrogen and oxygen atoms in total. The molecule has 0 spiro atoms. The van der Waals surface area contributed by atoms with Crippen LogP contribution in [0.15, 0.2) is 0 Å². The molecule has 1 amide bonds. The summed E-state index contributed by atoms with van der Waals surface area (Å²) in [6.07, 6.45) is 8.41. The van der Waals surface area contributed by atoms with Gasteiger partial charge < -0.3 is 10.2 Å². The predicted octanol–water partition coefficient (Wildman–Crippen LogP) is 2.41. The predicted molar refractivity (Wildman–Crippen MR) is 74.4 cm³/mol. The van der Waals surface area contributed by atoms with Crippen LogP contribution in [-0.2, 0) is 4.79 Å². The molecule has 1 aliphatic carbocycles. The van der Waals surface area contributed by atoms with Crippen molar-refractivity contribution in [2.24, 2.45) is 11.8 Å². The van der Waals surface area contributed by atoms with Crippen molar-refractivity contribution in [1.29, 1.82) is 0 Å². The third-order valence-corrected chi connectivity index (χ3v) is 4.85. The van der Waals surface area contributed by atoms with Crippen LogP contribution in [0.25, 0.3) is 0 Å². The molecular weight excluding hydrogens is 224 g/mol. The highest BCUT2D eigenvalue weighted by Crippen LogP contribution is 2.28. The van der Waals surface area contributed by atoms with Gasteiger partial charge in [0, 0.05) is 25.6 Å². The molecule has 2 rings (SSSR count). The molecule has 0 aromatic carbocycles. The Hall–Kier alpha value is -0.570. The van der Waals surface area contributed by atoms with Crippen LogP contribution in [0, 0.1) is 11.8 Å². The number of carbonyl (C=O) groups excluding carboxylic acids is 1. The Morgan fingerprint density at radius 1 is 1.28 bits per heavy atom. The van der Waals surface area contributed by atoms with Crippen LogP contribution in [-0.4, -0.2) is 37.0 Å². The molecule has 0 radical (unpaired) electrons. The van der Waals surface area contributed by atoms with E-state index in [0.29, 0.717) is 17.9 Å². The quantitative estimate of drug-likeness (QED) is 0.833. The van der Waals surface area contributed by atoms with Crippen LogP contribution in [0.3, 0.4) is 0 Å². The van der Waals surface area contributed by atoms with Crippen molar-refractivity contribution in [3.8, 4) is 0 Å². The number of carbonyl (C=O) groups is 1. The molecule has 2 atom stereocenters. The number of hydrogen-bond donors (Lipinski definition) is 1. The molecule has 2 aliphatic rings. The first-order valence-electron chi connectivity index (χ1n) is 7.65. The second-order valence-electron chi connectivity index (χ2n) is 6.21. The summed E-state index contributed by atoms with van der Waals surface area (Å²) in [5.41, 5.74) is 0. The van der Waals surface area contributed by atoms with E-state index >= 15 is 0 Å². The van der Waals surface area contributed by atoms with Gasteiger partial charge in [-0.15, -0.1) is 0 Å². The highest BCUT2D eigenvalue weighted by molar-refractivity contribution is 5.76. The lowest BCUT2D eigenvalue weighted by atomic mass is 9.97. The first-order chi connectivity index (χ1) is 8.70. The molecule has 0 aromatic heterocycles. The van der Waals surface area contributed by atoms with Gasteiger partial charge in [0.2, 0.25) is 5.91 Å².